The van der Waals surface area contributed by atoms with Crippen molar-refractivity contribution in [2.45, 2.75) is 44.7 Å². The first-order chi connectivity index (χ1) is 10.6. The highest BCUT2D eigenvalue weighted by Gasteiger charge is 2.34. The maximum Gasteiger partial charge on any atom is 0.226 e. The number of carbonyl (C=O) groups is 1. The van der Waals surface area contributed by atoms with Crippen LogP contribution in [0, 0.1) is 12.8 Å². The lowest BCUT2D eigenvalue weighted by atomic mass is 9.85. The van der Waals surface area contributed by atoms with Crippen LogP contribution < -0.4 is 5.73 Å². The van der Waals surface area contributed by atoms with E-state index in [9.17, 15) is 4.79 Å². The lowest BCUT2D eigenvalue weighted by molar-refractivity contribution is -0.138. The highest BCUT2D eigenvalue weighted by Crippen LogP contribution is 2.33. The molecular weight excluding hydrogens is 292 g/mol. The molecule has 2 N–H and O–H groups in total. The standard InChI is InChI=1S/C18H26N2OS/c1-13-5-7-14(8-6-13)17-12-22-10-9-20(17)18(21)15-3-2-4-16(19)11-15/h5-8,15-17H,2-4,9-12,19H2,1H3. The minimum Gasteiger partial charge on any atom is -0.334 e. The second-order valence-corrected chi connectivity index (χ2v) is 7.81. The number of benzene rings is 1. The number of nitrogens with zero attached hydrogens (tertiary/aromatic N) is 1. The Labute approximate surface area is 137 Å². The van der Waals surface area contributed by atoms with E-state index in [4.69, 9.17) is 5.73 Å². The fourth-order valence-electron chi connectivity index (χ4n) is 3.62. The first-order valence-corrected chi connectivity index (χ1v) is 9.51. The van der Waals surface area contributed by atoms with Gasteiger partial charge in [0.1, 0.15) is 0 Å². The van der Waals surface area contributed by atoms with Crippen molar-refractivity contribution in [3.8, 4) is 0 Å². The minimum absolute atomic E-state index is 0.139. The largest absolute Gasteiger partial charge is 0.334 e. The van der Waals surface area contributed by atoms with Crippen molar-refractivity contribution in [1.29, 1.82) is 0 Å². The summed E-state index contributed by atoms with van der Waals surface area (Å²) in [7, 11) is 0. The highest BCUT2D eigenvalue weighted by atomic mass is 32.2. The third-order valence-corrected chi connectivity index (χ3v) is 5.96. The topological polar surface area (TPSA) is 46.3 Å². The highest BCUT2D eigenvalue weighted by molar-refractivity contribution is 7.99. The predicted molar refractivity (Wildman–Crippen MR) is 92.9 cm³/mol. The Morgan fingerprint density at radius 2 is 2.05 bits per heavy atom. The van der Waals surface area contributed by atoms with E-state index >= 15 is 0 Å². The van der Waals surface area contributed by atoms with Gasteiger partial charge in [0.25, 0.3) is 0 Å². The second kappa shape index (κ2) is 7.05. The molecule has 1 amide bonds. The number of aryl methyl sites for hydroxylation is 1. The van der Waals surface area contributed by atoms with Gasteiger partial charge < -0.3 is 10.6 Å². The number of amides is 1. The van der Waals surface area contributed by atoms with Crippen LogP contribution in [-0.2, 0) is 4.79 Å². The van der Waals surface area contributed by atoms with Gasteiger partial charge in [-0.25, -0.2) is 0 Å². The molecule has 1 aliphatic heterocycles. The Bertz CT molecular complexity index is 516. The summed E-state index contributed by atoms with van der Waals surface area (Å²) in [4.78, 5) is 15.1. The number of nitrogens with two attached hydrogens (primary N) is 1. The van der Waals surface area contributed by atoms with Crippen molar-refractivity contribution < 1.29 is 4.79 Å². The van der Waals surface area contributed by atoms with Gasteiger partial charge in [0, 0.05) is 30.0 Å². The minimum atomic E-state index is 0.139. The molecule has 1 aliphatic carbocycles. The molecule has 0 radical (unpaired) electrons. The first-order valence-electron chi connectivity index (χ1n) is 8.35. The summed E-state index contributed by atoms with van der Waals surface area (Å²) in [6.45, 7) is 2.97. The zero-order valence-electron chi connectivity index (χ0n) is 13.3. The molecule has 0 spiro atoms. The van der Waals surface area contributed by atoms with E-state index in [-0.39, 0.29) is 18.0 Å². The molecule has 1 saturated heterocycles. The maximum atomic E-state index is 13.0. The number of thioether (sulfide) groups is 1. The molecule has 3 nitrogen and oxygen atoms in total. The van der Waals surface area contributed by atoms with Crippen LogP contribution in [0.2, 0.25) is 0 Å². The van der Waals surface area contributed by atoms with Crippen LogP contribution in [0.1, 0.15) is 42.9 Å². The van der Waals surface area contributed by atoms with Crippen molar-refractivity contribution >= 4 is 17.7 Å². The third-order valence-electron chi connectivity index (χ3n) is 4.94. The molecular formula is C18H26N2OS. The summed E-state index contributed by atoms with van der Waals surface area (Å²) >= 11 is 1.95. The predicted octanol–water partition coefficient (Wildman–Crippen LogP) is 3.13. The molecule has 4 heteroatoms. The van der Waals surface area contributed by atoms with Gasteiger partial charge in [-0.3, -0.25) is 4.79 Å². The fourth-order valence-corrected chi connectivity index (χ4v) is 4.71. The van der Waals surface area contributed by atoms with E-state index in [2.05, 4.69) is 36.1 Å². The smallest absolute Gasteiger partial charge is 0.226 e. The molecule has 120 valence electrons. The van der Waals surface area contributed by atoms with Gasteiger partial charge in [0.05, 0.1) is 6.04 Å². The maximum absolute atomic E-state index is 13.0. The quantitative estimate of drug-likeness (QED) is 0.911. The van der Waals surface area contributed by atoms with Crippen LogP contribution in [0.4, 0.5) is 0 Å². The molecule has 3 unspecified atom stereocenters. The number of carbonyl (C=O) groups excluding carboxylic acids is 1. The number of rotatable bonds is 2. The summed E-state index contributed by atoms with van der Waals surface area (Å²) in [6.07, 6.45) is 4.04. The van der Waals surface area contributed by atoms with Gasteiger partial charge in [-0.05, 0) is 31.7 Å². The molecule has 2 aliphatic rings. The number of hydrogen-bond acceptors (Lipinski definition) is 3. The Morgan fingerprint density at radius 1 is 1.27 bits per heavy atom. The van der Waals surface area contributed by atoms with Gasteiger partial charge in [0.15, 0.2) is 0 Å². The van der Waals surface area contributed by atoms with Crippen LogP contribution >= 0.6 is 11.8 Å². The molecule has 1 aromatic rings. The summed E-state index contributed by atoms with van der Waals surface area (Å²) in [6, 6.07) is 9.09. The second-order valence-electron chi connectivity index (χ2n) is 6.66. The average molecular weight is 318 g/mol. The summed E-state index contributed by atoms with van der Waals surface area (Å²) in [5.74, 6) is 2.53. The van der Waals surface area contributed by atoms with E-state index in [1.54, 1.807) is 0 Å². The van der Waals surface area contributed by atoms with Crippen LogP contribution in [-0.4, -0.2) is 34.9 Å². The zero-order chi connectivity index (χ0) is 15.5. The van der Waals surface area contributed by atoms with Crippen molar-refractivity contribution in [3.05, 3.63) is 35.4 Å². The normalized spacial score (nSPS) is 29.4. The SMILES string of the molecule is Cc1ccc(C2CSCCN2C(=O)C2CCCC(N)C2)cc1. The molecule has 2 fully saturated rings. The van der Waals surface area contributed by atoms with Crippen molar-refractivity contribution in [2.75, 3.05) is 18.1 Å². The van der Waals surface area contributed by atoms with E-state index in [1.807, 2.05) is 11.8 Å². The molecule has 3 atom stereocenters. The Morgan fingerprint density at radius 3 is 2.77 bits per heavy atom. The summed E-state index contributed by atoms with van der Waals surface area (Å²) < 4.78 is 0. The molecule has 0 aromatic heterocycles. The van der Waals surface area contributed by atoms with Gasteiger partial charge in [-0.1, -0.05) is 36.2 Å². The Kier molecular flexibility index (Phi) is 5.09. The van der Waals surface area contributed by atoms with E-state index in [0.29, 0.717) is 5.91 Å². The molecule has 22 heavy (non-hydrogen) atoms. The van der Waals surface area contributed by atoms with Crippen molar-refractivity contribution in [2.24, 2.45) is 11.7 Å². The lowest BCUT2D eigenvalue weighted by Gasteiger charge is -2.39. The van der Waals surface area contributed by atoms with E-state index < -0.39 is 0 Å². The van der Waals surface area contributed by atoms with Crippen LogP contribution in [0.3, 0.4) is 0 Å². The summed E-state index contributed by atoms with van der Waals surface area (Å²) in [5.41, 5.74) is 8.62. The van der Waals surface area contributed by atoms with Crippen LogP contribution in [0.25, 0.3) is 0 Å². The van der Waals surface area contributed by atoms with Gasteiger partial charge >= 0.3 is 0 Å². The van der Waals surface area contributed by atoms with E-state index in [1.165, 1.54) is 11.1 Å². The molecule has 0 bridgehead atoms. The Balaban J connectivity index is 1.77. The van der Waals surface area contributed by atoms with Crippen molar-refractivity contribution in [1.82, 2.24) is 4.90 Å². The van der Waals surface area contributed by atoms with Crippen molar-refractivity contribution in [3.63, 3.8) is 0 Å². The monoisotopic (exact) mass is 318 g/mol. The van der Waals surface area contributed by atoms with E-state index in [0.717, 1.165) is 43.7 Å². The first kappa shape index (κ1) is 15.9. The lowest BCUT2D eigenvalue weighted by Crippen LogP contribution is -2.46. The van der Waals surface area contributed by atoms with Crippen LogP contribution in [0.15, 0.2) is 24.3 Å². The van der Waals surface area contributed by atoms with Gasteiger partial charge in [-0.2, -0.15) is 11.8 Å². The van der Waals surface area contributed by atoms with Gasteiger partial charge in [-0.15, -0.1) is 0 Å². The average Bonchev–Trinajstić information content (AvgIpc) is 2.55. The Hall–Kier alpha value is -1.00. The number of hydrogen-bond donors (Lipinski definition) is 1. The molecule has 3 rings (SSSR count). The molecule has 1 heterocycles. The van der Waals surface area contributed by atoms with Gasteiger partial charge in [0.2, 0.25) is 5.91 Å². The third kappa shape index (κ3) is 3.49. The fraction of sp³-hybridized carbons (Fsp3) is 0.611. The zero-order valence-corrected chi connectivity index (χ0v) is 14.1. The van der Waals surface area contributed by atoms with Crippen LogP contribution in [0.5, 0.6) is 0 Å². The molecule has 1 saturated carbocycles. The molecule has 1 aromatic carbocycles. The summed E-state index contributed by atoms with van der Waals surface area (Å²) in [5, 5.41) is 0.